The monoisotopic (exact) mass is 686 g/mol. The van der Waals surface area contributed by atoms with E-state index in [4.69, 9.17) is 0 Å². The van der Waals surface area contributed by atoms with Crippen LogP contribution in [0.2, 0.25) is 0 Å². The topological polar surface area (TPSA) is 6.48 Å². The first kappa shape index (κ1) is 32.1. The second kappa shape index (κ2) is 12.8. The molecule has 2 aliphatic heterocycles. The lowest BCUT2D eigenvalue weighted by Gasteiger charge is -2.36. The van der Waals surface area contributed by atoms with Crippen LogP contribution in [0.15, 0.2) is 145 Å². The number of nitrogens with zero attached hydrogens (tertiary/aromatic N) is 2. The Morgan fingerprint density at radius 3 is 1.92 bits per heavy atom. The molecule has 0 bridgehead atoms. The van der Waals surface area contributed by atoms with Crippen LogP contribution >= 0.6 is 0 Å². The van der Waals surface area contributed by atoms with Gasteiger partial charge in [-0.3, -0.25) is 0 Å². The van der Waals surface area contributed by atoms with E-state index in [1.54, 1.807) is 5.57 Å². The predicted octanol–water partition coefficient (Wildman–Crippen LogP) is 12.9. The van der Waals surface area contributed by atoms with Gasteiger partial charge in [0.2, 0.25) is 0 Å². The number of benzene rings is 6. The van der Waals surface area contributed by atoms with Gasteiger partial charge in [-0.1, -0.05) is 135 Å². The highest BCUT2D eigenvalue weighted by Gasteiger charge is 2.39. The summed E-state index contributed by atoms with van der Waals surface area (Å²) >= 11 is 0. The lowest BCUT2D eigenvalue weighted by molar-refractivity contribution is 0.644. The SMILES string of the molecule is CC1(C)C2=C(CCC(N3CCCc4ccccc43)=C2)c2ccc(C=Cc3ccc(-c4ccc(N5CCCc6ccccc65)c5ccccc45)cc3)cc21. The van der Waals surface area contributed by atoms with E-state index in [0.29, 0.717) is 0 Å². The van der Waals surface area contributed by atoms with Gasteiger partial charge in [-0.25, -0.2) is 0 Å². The number of rotatable bonds is 5. The molecule has 0 radical (unpaired) electrons. The Hall–Kier alpha value is -5.60. The smallest absolute Gasteiger partial charge is 0.0490 e. The highest BCUT2D eigenvalue weighted by atomic mass is 15.2. The Kier molecular flexibility index (Phi) is 7.76. The molecular formula is C51H46N2. The molecule has 2 nitrogen and oxygen atoms in total. The summed E-state index contributed by atoms with van der Waals surface area (Å²) in [6.45, 7) is 7.01. The largest absolute Gasteiger partial charge is 0.345 e. The van der Waals surface area contributed by atoms with E-state index < -0.39 is 0 Å². The van der Waals surface area contributed by atoms with Crippen molar-refractivity contribution in [1.82, 2.24) is 0 Å². The van der Waals surface area contributed by atoms with Gasteiger partial charge >= 0.3 is 0 Å². The molecule has 0 amide bonds. The van der Waals surface area contributed by atoms with Gasteiger partial charge in [0.15, 0.2) is 0 Å². The fourth-order valence-electron chi connectivity index (χ4n) is 9.71. The zero-order valence-corrected chi connectivity index (χ0v) is 30.9. The molecule has 6 aromatic rings. The molecule has 4 aliphatic rings. The van der Waals surface area contributed by atoms with Crippen molar-refractivity contribution in [1.29, 1.82) is 0 Å². The Morgan fingerprint density at radius 2 is 1.15 bits per heavy atom. The number of allylic oxidation sites excluding steroid dienone is 4. The van der Waals surface area contributed by atoms with Crippen LogP contribution in [0.4, 0.5) is 17.1 Å². The Bertz CT molecular complexity index is 2490. The highest BCUT2D eigenvalue weighted by molar-refractivity contribution is 6.05. The molecule has 0 unspecified atom stereocenters. The van der Waals surface area contributed by atoms with Gasteiger partial charge in [-0.05, 0) is 124 Å². The van der Waals surface area contributed by atoms with Crippen molar-refractivity contribution in [2.45, 2.75) is 57.8 Å². The van der Waals surface area contributed by atoms with Crippen molar-refractivity contribution in [3.05, 3.63) is 178 Å². The number of para-hydroxylation sites is 2. The van der Waals surface area contributed by atoms with Crippen LogP contribution in [0.3, 0.4) is 0 Å². The molecule has 260 valence electrons. The molecule has 0 atom stereocenters. The molecule has 0 saturated carbocycles. The lowest BCUT2D eigenvalue weighted by atomic mass is 9.79. The van der Waals surface area contributed by atoms with Gasteiger partial charge in [0.1, 0.15) is 0 Å². The van der Waals surface area contributed by atoms with Crippen molar-refractivity contribution in [2.75, 3.05) is 22.9 Å². The average molecular weight is 687 g/mol. The van der Waals surface area contributed by atoms with Gasteiger partial charge in [-0.15, -0.1) is 0 Å². The normalized spacial score (nSPS) is 17.4. The van der Waals surface area contributed by atoms with Crippen molar-refractivity contribution in [2.24, 2.45) is 0 Å². The molecular weight excluding hydrogens is 641 g/mol. The number of anilines is 3. The molecule has 0 N–H and O–H groups in total. The summed E-state index contributed by atoms with van der Waals surface area (Å²) in [5, 5.41) is 2.61. The van der Waals surface area contributed by atoms with Crippen molar-refractivity contribution in [3.63, 3.8) is 0 Å². The third kappa shape index (κ3) is 5.46. The fourth-order valence-corrected chi connectivity index (χ4v) is 9.71. The maximum Gasteiger partial charge on any atom is 0.0490 e. The number of fused-ring (bicyclic) bond motifs is 5. The van der Waals surface area contributed by atoms with Crippen LogP contribution in [0.5, 0.6) is 0 Å². The van der Waals surface area contributed by atoms with Gasteiger partial charge in [-0.2, -0.15) is 0 Å². The molecule has 53 heavy (non-hydrogen) atoms. The zero-order valence-electron chi connectivity index (χ0n) is 30.9. The predicted molar refractivity (Wildman–Crippen MR) is 226 cm³/mol. The Balaban J connectivity index is 0.899. The minimum atomic E-state index is -0.0210. The van der Waals surface area contributed by atoms with Gasteiger partial charge in [0.05, 0.1) is 0 Å². The maximum atomic E-state index is 2.60. The van der Waals surface area contributed by atoms with Crippen LogP contribution in [0.1, 0.15) is 72.9 Å². The van der Waals surface area contributed by atoms with Crippen molar-refractivity contribution >= 4 is 45.6 Å². The Morgan fingerprint density at radius 1 is 0.528 bits per heavy atom. The van der Waals surface area contributed by atoms with E-state index >= 15 is 0 Å². The first-order valence-corrected chi connectivity index (χ1v) is 19.6. The standard InChI is InChI=1S/C51H46N2/c1-51(2)46-33-36(23-27-43(46)44-28-26-40(34-47(44)51)52-31-9-13-38-11-3-7-17-48(38)52)20-19-35-21-24-37(25-22-35)41-29-30-50(45-16-6-5-15-42(41)45)53-32-10-14-39-12-4-8-18-49(39)53/h3-8,11-12,15-25,27,29-30,33-34H,9-10,13-14,26,28,31-32H2,1-2H3. The molecule has 0 spiro atoms. The number of hydrogen-bond acceptors (Lipinski definition) is 2. The van der Waals surface area contributed by atoms with E-state index in [2.05, 4.69) is 169 Å². The summed E-state index contributed by atoms with van der Waals surface area (Å²) in [5.74, 6) is 0. The van der Waals surface area contributed by atoms with Crippen LogP contribution in [0, 0.1) is 0 Å². The van der Waals surface area contributed by atoms with E-state index in [1.807, 2.05) is 0 Å². The minimum Gasteiger partial charge on any atom is -0.345 e. The van der Waals surface area contributed by atoms with E-state index in [1.165, 1.54) is 103 Å². The zero-order chi connectivity index (χ0) is 35.5. The first-order chi connectivity index (χ1) is 26.0. The summed E-state index contributed by atoms with van der Waals surface area (Å²) in [4.78, 5) is 5.13. The van der Waals surface area contributed by atoms with Crippen LogP contribution in [0.25, 0.3) is 39.6 Å². The van der Waals surface area contributed by atoms with Crippen LogP contribution < -0.4 is 9.80 Å². The van der Waals surface area contributed by atoms with E-state index in [0.717, 1.165) is 32.4 Å². The average Bonchev–Trinajstić information content (AvgIpc) is 3.44. The molecule has 0 aromatic heterocycles. The first-order valence-electron chi connectivity index (χ1n) is 19.6. The minimum absolute atomic E-state index is 0.0210. The van der Waals surface area contributed by atoms with Gasteiger partial charge in [0, 0.05) is 46.6 Å². The quantitative estimate of drug-likeness (QED) is 0.167. The van der Waals surface area contributed by atoms with Gasteiger partial charge in [0.25, 0.3) is 0 Å². The van der Waals surface area contributed by atoms with Gasteiger partial charge < -0.3 is 9.80 Å². The Labute approximate surface area is 314 Å². The molecule has 10 rings (SSSR count). The highest BCUT2D eigenvalue weighted by Crippen LogP contribution is 2.52. The molecule has 2 heterocycles. The summed E-state index contributed by atoms with van der Waals surface area (Å²) in [6, 6.07) is 47.7. The molecule has 2 aliphatic carbocycles. The van der Waals surface area contributed by atoms with Crippen molar-refractivity contribution < 1.29 is 0 Å². The summed E-state index contributed by atoms with van der Waals surface area (Å²) in [6.07, 6.45) is 14.1. The lowest BCUT2D eigenvalue weighted by Crippen LogP contribution is -2.30. The third-order valence-corrected chi connectivity index (χ3v) is 12.4. The van der Waals surface area contributed by atoms with Crippen LogP contribution in [-0.4, -0.2) is 13.1 Å². The fraction of sp³-hybridized carbons (Fsp3) is 0.216. The summed E-state index contributed by atoms with van der Waals surface area (Å²) in [7, 11) is 0. The second-order valence-electron chi connectivity index (χ2n) is 15.9. The molecule has 6 aromatic carbocycles. The van der Waals surface area contributed by atoms with Crippen LogP contribution in [-0.2, 0) is 18.3 Å². The molecule has 2 heteroatoms. The maximum absolute atomic E-state index is 2.60. The molecule has 0 saturated heterocycles. The third-order valence-electron chi connectivity index (χ3n) is 12.4. The number of aryl methyl sites for hydroxylation is 2. The van der Waals surface area contributed by atoms with E-state index in [-0.39, 0.29) is 5.41 Å². The number of hydrogen-bond donors (Lipinski definition) is 0. The summed E-state index contributed by atoms with van der Waals surface area (Å²) < 4.78 is 0. The van der Waals surface area contributed by atoms with E-state index in [9.17, 15) is 0 Å². The second-order valence-corrected chi connectivity index (χ2v) is 15.9. The van der Waals surface area contributed by atoms with Crippen molar-refractivity contribution in [3.8, 4) is 11.1 Å². The summed E-state index contributed by atoms with van der Waals surface area (Å²) in [5.41, 5.74) is 19.4. The molecule has 0 fully saturated rings.